The van der Waals surface area contributed by atoms with Gasteiger partial charge in [0.15, 0.2) is 0 Å². The second-order valence-corrected chi connectivity index (χ2v) is 5.47. The number of hydrogen-bond acceptors (Lipinski definition) is 2. The summed E-state index contributed by atoms with van der Waals surface area (Å²) in [7, 11) is 0. The molecule has 21 heavy (non-hydrogen) atoms. The maximum absolute atomic E-state index is 12.5. The van der Waals surface area contributed by atoms with E-state index in [-0.39, 0.29) is 5.91 Å². The molecule has 0 radical (unpaired) electrons. The molecule has 2 amide bonds. The maximum Gasteiger partial charge on any atom is 0.227 e. The van der Waals surface area contributed by atoms with E-state index in [0.29, 0.717) is 32.6 Å². The number of carbonyl (C=O) groups excluding carboxylic acids is 2. The molecule has 1 aliphatic heterocycles. The molecule has 5 nitrogen and oxygen atoms in total. The second-order valence-electron chi connectivity index (χ2n) is 5.47. The van der Waals surface area contributed by atoms with Gasteiger partial charge in [-0.15, -0.1) is 0 Å². The van der Waals surface area contributed by atoms with Crippen LogP contribution in [0.1, 0.15) is 11.3 Å². The van der Waals surface area contributed by atoms with E-state index in [9.17, 15) is 9.59 Å². The number of nitrogens with one attached hydrogen (secondary N) is 1. The Balaban J connectivity index is 1.75. The quantitative estimate of drug-likeness (QED) is 0.865. The molecule has 1 saturated heterocycles. The summed E-state index contributed by atoms with van der Waals surface area (Å²) in [5.74, 6) is 0.133. The summed E-state index contributed by atoms with van der Waals surface area (Å²) in [6.45, 7) is 4.51. The van der Waals surface area contributed by atoms with E-state index < -0.39 is 0 Å². The van der Waals surface area contributed by atoms with Gasteiger partial charge in [0.1, 0.15) is 0 Å². The molecule has 2 aromatic rings. The van der Waals surface area contributed by atoms with Gasteiger partial charge in [0.05, 0.1) is 6.42 Å². The van der Waals surface area contributed by atoms with Crippen molar-refractivity contribution in [3.8, 4) is 0 Å². The Morgan fingerprint density at radius 1 is 1.24 bits per heavy atom. The molecule has 0 atom stereocenters. The SMILES string of the molecule is Cc1[nH]c2ccccc2c1CC(=O)N1CCN(C=O)CC1. The first-order valence-electron chi connectivity index (χ1n) is 7.22. The second kappa shape index (κ2) is 5.60. The minimum absolute atomic E-state index is 0.133. The van der Waals surface area contributed by atoms with Crippen molar-refractivity contribution < 1.29 is 9.59 Å². The van der Waals surface area contributed by atoms with Gasteiger partial charge in [0.25, 0.3) is 0 Å². The molecule has 1 aromatic carbocycles. The first kappa shape index (κ1) is 13.7. The summed E-state index contributed by atoms with van der Waals surface area (Å²) in [5, 5.41) is 1.12. The van der Waals surface area contributed by atoms with E-state index in [2.05, 4.69) is 4.98 Å². The topological polar surface area (TPSA) is 56.4 Å². The van der Waals surface area contributed by atoms with Crippen molar-refractivity contribution in [1.29, 1.82) is 0 Å². The molecule has 0 spiro atoms. The maximum atomic E-state index is 12.5. The first-order valence-corrected chi connectivity index (χ1v) is 7.22. The fraction of sp³-hybridized carbons (Fsp3) is 0.375. The molecule has 1 aromatic heterocycles. The first-order chi connectivity index (χ1) is 10.2. The number of rotatable bonds is 3. The Kier molecular flexibility index (Phi) is 3.64. The van der Waals surface area contributed by atoms with Crippen molar-refractivity contribution in [2.45, 2.75) is 13.3 Å². The Morgan fingerprint density at radius 2 is 1.95 bits per heavy atom. The zero-order chi connectivity index (χ0) is 14.8. The Morgan fingerprint density at radius 3 is 2.67 bits per heavy atom. The average molecular weight is 285 g/mol. The Bertz CT molecular complexity index is 669. The third-order valence-corrected chi connectivity index (χ3v) is 4.17. The minimum Gasteiger partial charge on any atom is -0.358 e. The molecule has 3 rings (SSSR count). The number of carbonyl (C=O) groups is 2. The smallest absolute Gasteiger partial charge is 0.227 e. The monoisotopic (exact) mass is 285 g/mol. The molecular weight excluding hydrogens is 266 g/mol. The number of hydrogen-bond donors (Lipinski definition) is 1. The number of aromatic nitrogens is 1. The highest BCUT2D eigenvalue weighted by Crippen LogP contribution is 2.22. The molecule has 1 aliphatic rings. The lowest BCUT2D eigenvalue weighted by molar-refractivity contribution is -0.134. The predicted molar refractivity (Wildman–Crippen MR) is 81.0 cm³/mol. The molecule has 5 heteroatoms. The lowest BCUT2D eigenvalue weighted by atomic mass is 10.1. The van der Waals surface area contributed by atoms with Gasteiger partial charge < -0.3 is 14.8 Å². The molecule has 110 valence electrons. The van der Waals surface area contributed by atoms with Gasteiger partial charge in [-0.2, -0.15) is 0 Å². The molecule has 0 aliphatic carbocycles. The van der Waals surface area contributed by atoms with Crippen LogP contribution >= 0.6 is 0 Å². The van der Waals surface area contributed by atoms with Crippen molar-refractivity contribution in [1.82, 2.24) is 14.8 Å². The predicted octanol–water partition coefficient (Wildman–Crippen LogP) is 1.32. The molecular formula is C16H19N3O2. The molecule has 0 unspecified atom stereocenters. The van der Waals surface area contributed by atoms with E-state index in [0.717, 1.165) is 28.6 Å². The van der Waals surface area contributed by atoms with Gasteiger partial charge in [-0.25, -0.2) is 0 Å². The van der Waals surface area contributed by atoms with E-state index in [1.165, 1.54) is 0 Å². The average Bonchev–Trinajstić information content (AvgIpc) is 2.83. The summed E-state index contributed by atoms with van der Waals surface area (Å²) < 4.78 is 0. The van der Waals surface area contributed by atoms with Gasteiger partial charge in [-0.05, 0) is 18.6 Å². The molecule has 1 N–H and O–H groups in total. The van der Waals surface area contributed by atoms with Gasteiger partial charge >= 0.3 is 0 Å². The van der Waals surface area contributed by atoms with Gasteiger partial charge in [0.2, 0.25) is 12.3 Å². The van der Waals surface area contributed by atoms with Crippen LogP contribution in [-0.2, 0) is 16.0 Å². The van der Waals surface area contributed by atoms with Crippen LogP contribution in [0.2, 0.25) is 0 Å². The van der Waals surface area contributed by atoms with Crippen molar-refractivity contribution in [2.24, 2.45) is 0 Å². The van der Waals surface area contributed by atoms with Crippen LogP contribution in [0.4, 0.5) is 0 Å². The zero-order valence-corrected chi connectivity index (χ0v) is 12.1. The molecule has 2 heterocycles. The third kappa shape index (κ3) is 2.63. The number of benzene rings is 1. The van der Waals surface area contributed by atoms with Crippen molar-refractivity contribution in [3.05, 3.63) is 35.5 Å². The highest BCUT2D eigenvalue weighted by molar-refractivity contribution is 5.90. The summed E-state index contributed by atoms with van der Waals surface area (Å²) in [4.78, 5) is 30.0. The number of fused-ring (bicyclic) bond motifs is 1. The summed E-state index contributed by atoms with van der Waals surface area (Å²) >= 11 is 0. The number of H-pyrrole nitrogens is 1. The minimum atomic E-state index is 0.133. The summed E-state index contributed by atoms with van der Waals surface area (Å²) in [6, 6.07) is 8.06. The summed E-state index contributed by atoms with van der Waals surface area (Å²) in [5.41, 5.74) is 3.20. The van der Waals surface area contributed by atoms with Crippen LogP contribution in [-0.4, -0.2) is 53.3 Å². The summed E-state index contributed by atoms with van der Waals surface area (Å²) in [6.07, 6.45) is 1.27. The zero-order valence-electron chi connectivity index (χ0n) is 12.1. The van der Waals surface area contributed by atoms with Crippen LogP contribution in [0.15, 0.2) is 24.3 Å². The van der Waals surface area contributed by atoms with E-state index in [4.69, 9.17) is 0 Å². The van der Waals surface area contributed by atoms with Gasteiger partial charge in [0, 0.05) is 42.8 Å². The van der Waals surface area contributed by atoms with Crippen LogP contribution in [0, 0.1) is 6.92 Å². The number of aryl methyl sites for hydroxylation is 1. The van der Waals surface area contributed by atoms with Crippen molar-refractivity contribution in [3.63, 3.8) is 0 Å². The van der Waals surface area contributed by atoms with E-state index >= 15 is 0 Å². The van der Waals surface area contributed by atoms with Crippen LogP contribution in [0.5, 0.6) is 0 Å². The van der Waals surface area contributed by atoms with E-state index in [1.54, 1.807) is 4.90 Å². The standard InChI is InChI=1S/C16H19N3O2/c1-12-14(13-4-2-3-5-15(13)17-12)10-16(21)19-8-6-18(11-20)7-9-19/h2-5,11,17H,6-10H2,1H3. The highest BCUT2D eigenvalue weighted by Gasteiger charge is 2.21. The van der Waals surface area contributed by atoms with Crippen molar-refractivity contribution >= 4 is 23.2 Å². The van der Waals surface area contributed by atoms with Crippen LogP contribution < -0.4 is 0 Å². The number of piperazine rings is 1. The highest BCUT2D eigenvalue weighted by atomic mass is 16.2. The molecule has 0 bridgehead atoms. The molecule has 0 saturated carbocycles. The molecule has 1 fully saturated rings. The van der Waals surface area contributed by atoms with Crippen LogP contribution in [0.25, 0.3) is 10.9 Å². The number of aromatic amines is 1. The third-order valence-electron chi connectivity index (χ3n) is 4.17. The van der Waals surface area contributed by atoms with E-state index in [1.807, 2.05) is 36.1 Å². The van der Waals surface area contributed by atoms with Gasteiger partial charge in [-0.1, -0.05) is 18.2 Å². The normalized spacial score (nSPS) is 15.5. The fourth-order valence-corrected chi connectivity index (χ4v) is 2.90. The van der Waals surface area contributed by atoms with Gasteiger partial charge in [-0.3, -0.25) is 9.59 Å². The van der Waals surface area contributed by atoms with Crippen LogP contribution in [0.3, 0.4) is 0 Å². The lowest BCUT2D eigenvalue weighted by Gasteiger charge is -2.32. The fourth-order valence-electron chi connectivity index (χ4n) is 2.90. The Hall–Kier alpha value is -2.30. The Labute approximate surface area is 123 Å². The largest absolute Gasteiger partial charge is 0.358 e. The number of para-hydroxylation sites is 1. The van der Waals surface area contributed by atoms with Crippen molar-refractivity contribution in [2.75, 3.05) is 26.2 Å². The number of amides is 2. The lowest BCUT2D eigenvalue weighted by Crippen LogP contribution is -2.48. The number of nitrogens with zero attached hydrogens (tertiary/aromatic N) is 2.